The maximum atomic E-state index is 11.7. The molecule has 0 heterocycles. The third-order valence-corrected chi connectivity index (χ3v) is 12.1. The van der Waals surface area contributed by atoms with E-state index in [2.05, 4.69) is 41.5 Å². The second-order valence-electron chi connectivity index (χ2n) is 13.6. The standard InChI is InChI=1S/C29H52O3/c1-7-20(18(2)3)9-8-19(4)23-10-11-24-22-16-26(31)29(32)17-21(30)12-15-28(29,6)25(22)13-14-27(23,24)5/h18-26,30-32H,7-17H2,1-6H3/t19-,20+,21+,22+,23-,24?,25?,26-,27-,28-,29+/m1/s1. The summed E-state index contributed by atoms with van der Waals surface area (Å²) in [5.41, 5.74) is -0.984. The van der Waals surface area contributed by atoms with E-state index in [1.165, 1.54) is 44.9 Å². The summed E-state index contributed by atoms with van der Waals surface area (Å²) in [6, 6.07) is 0. The molecule has 0 aromatic heterocycles. The summed E-state index contributed by atoms with van der Waals surface area (Å²) in [5.74, 6) is 4.92. The first kappa shape index (κ1) is 25.0. The molecule has 186 valence electrons. The normalized spacial score (nSPS) is 50.4. The van der Waals surface area contributed by atoms with E-state index in [1.54, 1.807) is 0 Å². The molecule has 4 aliphatic rings. The van der Waals surface area contributed by atoms with Crippen molar-refractivity contribution in [2.24, 2.45) is 52.3 Å². The van der Waals surface area contributed by atoms with Gasteiger partial charge in [-0.05, 0) is 98.2 Å². The lowest BCUT2D eigenvalue weighted by molar-refractivity contribution is -0.264. The van der Waals surface area contributed by atoms with E-state index < -0.39 is 17.8 Å². The number of rotatable bonds is 6. The van der Waals surface area contributed by atoms with Crippen molar-refractivity contribution in [3.05, 3.63) is 0 Å². The third-order valence-electron chi connectivity index (χ3n) is 12.1. The molecule has 0 aromatic rings. The van der Waals surface area contributed by atoms with Gasteiger partial charge in [-0.1, -0.05) is 54.4 Å². The lowest BCUT2D eigenvalue weighted by Gasteiger charge is -2.65. The van der Waals surface area contributed by atoms with Crippen LogP contribution in [0.5, 0.6) is 0 Å². The zero-order valence-corrected chi connectivity index (χ0v) is 21.8. The predicted octanol–water partition coefficient (Wildman–Crippen LogP) is 6.19. The summed E-state index contributed by atoms with van der Waals surface area (Å²) >= 11 is 0. The highest BCUT2D eigenvalue weighted by Gasteiger charge is 2.67. The largest absolute Gasteiger partial charge is 0.393 e. The number of hydrogen-bond acceptors (Lipinski definition) is 3. The fourth-order valence-electron chi connectivity index (χ4n) is 9.92. The molecule has 0 aliphatic heterocycles. The Labute approximate surface area is 197 Å². The van der Waals surface area contributed by atoms with Gasteiger partial charge in [0.15, 0.2) is 0 Å². The van der Waals surface area contributed by atoms with Crippen LogP contribution < -0.4 is 0 Å². The summed E-state index contributed by atoms with van der Waals surface area (Å²) < 4.78 is 0. The maximum Gasteiger partial charge on any atom is 0.0985 e. The average Bonchev–Trinajstić information content (AvgIpc) is 3.08. The summed E-state index contributed by atoms with van der Waals surface area (Å²) in [7, 11) is 0. The molecule has 0 amide bonds. The highest BCUT2D eigenvalue weighted by atomic mass is 16.3. The smallest absolute Gasteiger partial charge is 0.0985 e. The summed E-state index contributed by atoms with van der Waals surface area (Å²) in [6.07, 6.45) is 10.7. The van der Waals surface area contributed by atoms with Crippen molar-refractivity contribution in [3.63, 3.8) is 0 Å². The molecule has 11 atom stereocenters. The highest BCUT2D eigenvalue weighted by molar-refractivity contribution is 5.17. The van der Waals surface area contributed by atoms with Gasteiger partial charge in [-0.15, -0.1) is 0 Å². The van der Waals surface area contributed by atoms with Crippen LogP contribution in [0.2, 0.25) is 0 Å². The predicted molar refractivity (Wildman–Crippen MR) is 131 cm³/mol. The van der Waals surface area contributed by atoms with Crippen molar-refractivity contribution < 1.29 is 15.3 Å². The lowest BCUT2D eigenvalue weighted by atomic mass is 9.42. The van der Waals surface area contributed by atoms with Crippen molar-refractivity contribution >= 4 is 0 Å². The van der Waals surface area contributed by atoms with Crippen LogP contribution in [0.15, 0.2) is 0 Å². The van der Waals surface area contributed by atoms with Crippen LogP contribution in [0.4, 0.5) is 0 Å². The van der Waals surface area contributed by atoms with Gasteiger partial charge >= 0.3 is 0 Å². The van der Waals surface area contributed by atoms with E-state index >= 15 is 0 Å². The lowest BCUT2D eigenvalue weighted by Crippen LogP contribution is -2.68. The first-order valence-corrected chi connectivity index (χ1v) is 14.1. The first-order chi connectivity index (χ1) is 15.0. The highest BCUT2D eigenvalue weighted by Crippen LogP contribution is 2.69. The Kier molecular flexibility index (Phi) is 6.89. The fourth-order valence-corrected chi connectivity index (χ4v) is 9.92. The van der Waals surface area contributed by atoms with Gasteiger partial charge in [0.05, 0.1) is 17.8 Å². The molecule has 3 heteroatoms. The average molecular weight is 449 g/mol. The van der Waals surface area contributed by atoms with Gasteiger partial charge in [-0.3, -0.25) is 0 Å². The molecule has 4 aliphatic carbocycles. The van der Waals surface area contributed by atoms with Crippen molar-refractivity contribution in [2.45, 2.75) is 130 Å². The number of aliphatic hydroxyl groups excluding tert-OH is 2. The van der Waals surface area contributed by atoms with Crippen LogP contribution in [0.25, 0.3) is 0 Å². The number of fused-ring (bicyclic) bond motifs is 5. The van der Waals surface area contributed by atoms with Crippen LogP contribution in [-0.4, -0.2) is 33.1 Å². The molecule has 2 unspecified atom stereocenters. The molecule has 0 saturated heterocycles. The van der Waals surface area contributed by atoms with Crippen molar-refractivity contribution in [3.8, 4) is 0 Å². The second-order valence-corrected chi connectivity index (χ2v) is 13.6. The quantitative estimate of drug-likeness (QED) is 0.454. The van der Waals surface area contributed by atoms with Gasteiger partial charge in [-0.2, -0.15) is 0 Å². The van der Waals surface area contributed by atoms with Crippen LogP contribution in [0, 0.1) is 52.3 Å². The number of hydrogen-bond donors (Lipinski definition) is 3. The minimum absolute atomic E-state index is 0.259. The van der Waals surface area contributed by atoms with Gasteiger partial charge in [0.25, 0.3) is 0 Å². The Bertz CT molecular complexity index is 663. The number of aliphatic hydroxyl groups is 3. The van der Waals surface area contributed by atoms with E-state index in [1.807, 2.05) is 0 Å². The van der Waals surface area contributed by atoms with Gasteiger partial charge in [0.1, 0.15) is 0 Å². The summed E-state index contributed by atoms with van der Waals surface area (Å²) in [5, 5.41) is 33.2. The van der Waals surface area contributed by atoms with E-state index in [0.29, 0.717) is 29.6 Å². The van der Waals surface area contributed by atoms with E-state index in [0.717, 1.165) is 42.9 Å². The molecular formula is C29H52O3. The van der Waals surface area contributed by atoms with Crippen molar-refractivity contribution in [1.82, 2.24) is 0 Å². The molecule has 0 bridgehead atoms. The van der Waals surface area contributed by atoms with Crippen molar-refractivity contribution in [1.29, 1.82) is 0 Å². The summed E-state index contributed by atoms with van der Waals surface area (Å²) in [6.45, 7) is 14.5. The molecule has 4 saturated carbocycles. The minimum Gasteiger partial charge on any atom is -0.393 e. The van der Waals surface area contributed by atoms with Crippen molar-refractivity contribution in [2.75, 3.05) is 0 Å². The first-order valence-electron chi connectivity index (χ1n) is 14.1. The van der Waals surface area contributed by atoms with E-state index in [9.17, 15) is 15.3 Å². The maximum absolute atomic E-state index is 11.7. The molecular weight excluding hydrogens is 396 g/mol. The Morgan fingerprint density at radius 3 is 2.28 bits per heavy atom. The molecule has 32 heavy (non-hydrogen) atoms. The van der Waals surface area contributed by atoms with Gasteiger partial charge in [-0.25, -0.2) is 0 Å². The monoisotopic (exact) mass is 448 g/mol. The second kappa shape index (κ2) is 8.83. The Morgan fingerprint density at radius 1 is 0.906 bits per heavy atom. The molecule has 0 spiro atoms. The van der Waals surface area contributed by atoms with Gasteiger partial charge in [0, 0.05) is 11.8 Å². The van der Waals surface area contributed by atoms with E-state index in [4.69, 9.17) is 0 Å². The fraction of sp³-hybridized carbons (Fsp3) is 1.00. The summed E-state index contributed by atoms with van der Waals surface area (Å²) in [4.78, 5) is 0. The molecule has 4 fully saturated rings. The zero-order chi connectivity index (χ0) is 23.5. The van der Waals surface area contributed by atoms with Crippen LogP contribution >= 0.6 is 0 Å². The molecule has 3 N–H and O–H groups in total. The molecule has 0 aromatic carbocycles. The van der Waals surface area contributed by atoms with Crippen LogP contribution in [0.3, 0.4) is 0 Å². The topological polar surface area (TPSA) is 60.7 Å². The van der Waals surface area contributed by atoms with E-state index in [-0.39, 0.29) is 5.41 Å². The zero-order valence-electron chi connectivity index (χ0n) is 21.8. The molecule has 3 nitrogen and oxygen atoms in total. The van der Waals surface area contributed by atoms with Crippen LogP contribution in [-0.2, 0) is 0 Å². The Balaban J connectivity index is 1.51. The Morgan fingerprint density at radius 2 is 1.62 bits per heavy atom. The van der Waals surface area contributed by atoms with Gasteiger partial charge < -0.3 is 15.3 Å². The molecule has 0 radical (unpaired) electrons. The van der Waals surface area contributed by atoms with Gasteiger partial charge in [0.2, 0.25) is 0 Å². The van der Waals surface area contributed by atoms with Crippen LogP contribution in [0.1, 0.15) is 112 Å². The SMILES string of the molecule is CC[C@@H](CC[C@@H](C)[C@H]1CCC2[C@@H]3C[C@@H](O)[C@@]4(O)C[C@@H](O)CC[C@]4(C)C3CC[C@@]21C)C(C)C. The minimum atomic E-state index is -1.11. The molecule has 4 rings (SSSR count). The third kappa shape index (κ3) is 3.72. The Hall–Kier alpha value is -0.120.